The first-order chi connectivity index (χ1) is 12.7. The molecule has 1 aliphatic rings. The van der Waals surface area contributed by atoms with Gasteiger partial charge in [-0.25, -0.2) is 0 Å². The molecular formula is C20H27N3O3. The SMILES string of the molecule is CCOc1ccc(CN2CCCC2Cn2cccn2)cc1COC(C)=O. The van der Waals surface area contributed by atoms with Crippen LogP contribution in [0.25, 0.3) is 0 Å². The standard InChI is InChI=1S/C20H27N3O3/c1-3-25-20-8-7-17(12-18(20)15-26-16(2)24)13-22-10-4-6-19(22)14-23-11-5-9-21-23/h5,7-9,11-12,19H,3-4,6,10,13-15H2,1-2H3. The van der Waals surface area contributed by atoms with Crippen molar-refractivity contribution in [2.24, 2.45) is 0 Å². The molecule has 0 saturated carbocycles. The van der Waals surface area contributed by atoms with E-state index in [1.54, 1.807) is 0 Å². The highest BCUT2D eigenvalue weighted by Crippen LogP contribution is 2.25. The molecule has 1 aromatic carbocycles. The van der Waals surface area contributed by atoms with E-state index in [-0.39, 0.29) is 12.6 Å². The van der Waals surface area contributed by atoms with Crippen LogP contribution in [-0.2, 0) is 29.2 Å². The Morgan fingerprint density at radius 2 is 2.27 bits per heavy atom. The fraction of sp³-hybridized carbons (Fsp3) is 0.500. The van der Waals surface area contributed by atoms with Crippen molar-refractivity contribution in [2.75, 3.05) is 13.2 Å². The van der Waals surface area contributed by atoms with Gasteiger partial charge in [-0.1, -0.05) is 6.07 Å². The number of carbonyl (C=O) groups excluding carboxylic acids is 1. The number of nitrogens with zero attached hydrogens (tertiary/aromatic N) is 3. The van der Waals surface area contributed by atoms with Crippen molar-refractivity contribution in [1.29, 1.82) is 0 Å². The van der Waals surface area contributed by atoms with Crippen molar-refractivity contribution in [1.82, 2.24) is 14.7 Å². The van der Waals surface area contributed by atoms with E-state index in [4.69, 9.17) is 9.47 Å². The molecule has 6 nitrogen and oxygen atoms in total. The summed E-state index contributed by atoms with van der Waals surface area (Å²) in [6.07, 6.45) is 6.25. The fourth-order valence-electron chi connectivity index (χ4n) is 3.49. The van der Waals surface area contributed by atoms with Crippen molar-refractivity contribution in [3.05, 3.63) is 47.8 Å². The number of carbonyl (C=O) groups is 1. The third kappa shape index (κ3) is 4.85. The minimum atomic E-state index is -0.281. The molecule has 1 aliphatic heterocycles. The van der Waals surface area contributed by atoms with Crippen LogP contribution in [0, 0.1) is 0 Å². The van der Waals surface area contributed by atoms with Gasteiger partial charge in [0.2, 0.25) is 0 Å². The average molecular weight is 357 g/mol. The van der Waals surface area contributed by atoms with E-state index in [1.165, 1.54) is 25.3 Å². The monoisotopic (exact) mass is 357 g/mol. The minimum absolute atomic E-state index is 0.245. The van der Waals surface area contributed by atoms with E-state index >= 15 is 0 Å². The molecule has 1 saturated heterocycles. The van der Waals surface area contributed by atoms with Crippen molar-refractivity contribution >= 4 is 5.97 Å². The van der Waals surface area contributed by atoms with Crippen LogP contribution in [0.4, 0.5) is 0 Å². The van der Waals surface area contributed by atoms with Gasteiger partial charge in [-0.15, -0.1) is 0 Å². The molecule has 0 N–H and O–H groups in total. The van der Waals surface area contributed by atoms with E-state index in [2.05, 4.69) is 22.1 Å². The Morgan fingerprint density at radius 1 is 1.38 bits per heavy atom. The maximum Gasteiger partial charge on any atom is 0.302 e. The summed E-state index contributed by atoms with van der Waals surface area (Å²) in [5.41, 5.74) is 2.13. The number of likely N-dealkylation sites (tertiary alicyclic amines) is 1. The van der Waals surface area contributed by atoms with Crippen LogP contribution in [0.15, 0.2) is 36.7 Å². The van der Waals surface area contributed by atoms with Crippen LogP contribution in [0.5, 0.6) is 5.75 Å². The first kappa shape index (κ1) is 18.5. The third-order valence-corrected chi connectivity index (χ3v) is 4.70. The van der Waals surface area contributed by atoms with Gasteiger partial charge in [0.25, 0.3) is 0 Å². The van der Waals surface area contributed by atoms with Crippen LogP contribution in [0.1, 0.15) is 37.8 Å². The molecule has 3 rings (SSSR count). The summed E-state index contributed by atoms with van der Waals surface area (Å²) in [4.78, 5) is 13.7. The van der Waals surface area contributed by atoms with Gasteiger partial charge in [0, 0.05) is 37.5 Å². The van der Waals surface area contributed by atoms with Crippen LogP contribution in [0.3, 0.4) is 0 Å². The summed E-state index contributed by atoms with van der Waals surface area (Å²) in [7, 11) is 0. The van der Waals surface area contributed by atoms with Crippen molar-refractivity contribution < 1.29 is 14.3 Å². The van der Waals surface area contributed by atoms with Gasteiger partial charge in [-0.3, -0.25) is 14.4 Å². The molecule has 0 amide bonds. The Hall–Kier alpha value is -2.34. The molecular weight excluding hydrogens is 330 g/mol. The second-order valence-corrected chi connectivity index (χ2v) is 6.65. The van der Waals surface area contributed by atoms with E-state index in [9.17, 15) is 4.79 Å². The van der Waals surface area contributed by atoms with Gasteiger partial charge in [0.05, 0.1) is 13.2 Å². The Balaban J connectivity index is 1.69. The third-order valence-electron chi connectivity index (χ3n) is 4.70. The summed E-state index contributed by atoms with van der Waals surface area (Å²) in [6.45, 7) is 7.11. The van der Waals surface area contributed by atoms with Crippen LogP contribution >= 0.6 is 0 Å². The van der Waals surface area contributed by atoms with Crippen LogP contribution in [0.2, 0.25) is 0 Å². The lowest BCUT2D eigenvalue weighted by molar-refractivity contribution is -0.142. The van der Waals surface area contributed by atoms with Gasteiger partial charge in [-0.05, 0) is 50.1 Å². The quantitative estimate of drug-likeness (QED) is 0.680. The van der Waals surface area contributed by atoms with Gasteiger partial charge in [0.15, 0.2) is 0 Å². The lowest BCUT2D eigenvalue weighted by Gasteiger charge is -2.25. The van der Waals surface area contributed by atoms with Crippen molar-refractivity contribution in [3.8, 4) is 5.75 Å². The van der Waals surface area contributed by atoms with Crippen molar-refractivity contribution in [2.45, 2.75) is 52.4 Å². The van der Waals surface area contributed by atoms with E-state index in [0.717, 1.165) is 30.9 Å². The summed E-state index contributed by atoms with van der Waals surface area (Å²) in [6, 6.07) is 8.64. The number of benzene rings is 1. The smallest absolute Gasteiger partial charge is 0.302 e. The van der Waals surface area contributed by atoms with E-state index < -0.39 is 0 Å². The molecule has 0 radical (unpaired) electrons. The zero-order valence-corrected chi connectivity index (χ0v) is 15.6. The molecule has 6 heteroatoms. The number of hydrogen-bond acceptors (Lipinski definition) is 5. The first-order valence-electron chi connectivity index (χ1n) is 9.25. The lowest BCUT2D eigenvalue weighted by Crippen LogP contribution is -2.32. The largest absolute Gasteiger partial charge is 0.493 e. The molecule has 2 aromatic rings. The highest BCUT2D eigenvalue weighted by atomic mass is 16.5. The summed E-state index contributed by atoms with van der Waals surface area (Å²) < 4.78 is 12.9. The topological polar surface area (TPSA) is 56.6 Å². The van der Waals surface area contributed by atoms with Crippen LogP contribution < -0.4 is 4.74 Å². The average Bonchev–Trinajstić information content (AvgIpc) is 3.28. The molecule has 0 spiro atoms. The highest BCUT2D eigenvalue weighted by Gasteiger charge is 2.25. The normalized spacial score (nSPS) is 17.4. The van der Waals surface area contributed by atoms with Gasteiger partial charge < -0.3 is 9.47 Å². The number of esters is 1. The zero-order chi connectivity index (χ0) is 18.4. The highest BCUT2D eigenvalue weighted by molar-refractivity contribution is 5.66. The number of hydrogen-bond donors (Lipinski definition) is 0. The summed E-state index contributed by atoms with van der Waals surface area (Å²) in [5, 5.41) is 4.33. The molecule has 1 unspecified atom stereocenters. The molecule has 0 aliphatic carbocycles. The Morgan fingerprint density at radius 3 is 3.00 bits per heavy atom. The van der Waals surface area contributed by atoms with Crippen LogP contribution in [-0.4, -0.2) is 39.8 Å². The predicted octanol–water partition coefficient (Wildman–Crippen LogP) is 3.01. The minimum Gasteiger partial charge on any atom is -0.493 e. The molecule has 1 fully saturated rings. The maximum absolute atomic E-state index is 11.2. The zero-order valence-electron chi connectivity index (χ0n) is 15.6. The molecule has 0 bridgehead atoms. The van der Waals surface area contributed by atoms with Crippen molar-refractivity contribution in [3.63, 3.8) is 0 Å². The summed E-state index contributed by atoms with van der Waals surface area (Å²) in [5.74, 6) is 0.503. The summed E-state index contributed by atoms with van der Waals surface area (Å²) >= 11 is 0. The second kappa shape index (κ2) is 8.85. The van der Waals surface area contributed by atoms with Gasteiger partial charge in [0.1, 0.15) is 12.4 Å². The number of aromatic nitrogens is 2. The maximum atomic E-state index is 11.2. The second-order valence-electron chi connectivity index (χ2n) is 6.65. The molecule has 1 atom stereocenters. The van der Waals surface area contributed by atoms with Gasteiger partial charge >= 0.3 is 5.97 Å². The Kier molecular flexibility index (Phi) is 6.28. The van der Waals surface area contributed by atoms with E-state index in [1.807, 2.05) is 36.1 Å². The van der Waals surface area contributed by atoms with Gasteiger partial charge in [-0.2, -0.15) is 5.10 Å². The fourth-order valence-corrected chi connectivity index (χ4v) is 3.49. The predicted molar refractivity (Wildman–Crippen MR) is 98.7 cm³/mol. The molecule has 140 valence electrons. The first-order valence-corrected chi connectivity index (χ1v) is 9.25. The number of rotatable bonds is 8. The molecule has 26 heavy (non-hydrogen) atoms. The molecule has 2 heterocycles. The Labute approximate surface area is 154 Å². The molecule has 1 aromatic heterocycles. The van der Waals surface area contributed by atoms with E-state index in [0.29, 0.717) is 12.6 Å². The Bertz CT molecular complexity index is 715. The number of ether oxygens (including phenoxy) is 2. The lowest BCUT2D eigenvalue weighted by atomic mass is 10.1.